The van der Waals surface area contributed by atoms with Gasteiger partial charge >= 0.3 is 0 Å². The van der Waals surface area contributed by atoms with E-state index in [-0.39, 0.29) is 4.90 Å². The molecular formula is C35H32N4O3S2. The maximum Gasteiger partial charge on any atom is 0.269 e. The fourth-order valence-corrected chi connectivity index (χ4v) is 8.23. The van der Waals surface area contributed by atoms with Crippen molar-refractivity contribution in [3.63, 3.8) is 0 Å². The fraction of sp³-hybridized carbons (Fsp3) is 0.171. The van der Waals surface area contributed by atoms with Crippen molar-refractivity contribution in [3.05, 3.63) is 109 Å². The first-order valence-corrected chi connectivity index (χ1v) is 16.8. The lowest BCUT2D eigenvalue weighted by atomic mass is 10.0. The van der Waals surface area contributed by atoms with Crippen LogP contribution in [0.4, 0.5) is 5.69 Å². The number of hydrogen-bond acceptors (Lipinski definition) is 7. The van der Waals surface area contributed by atoms with Gasteiger partial charge in [-0.3, -0.25) is 0 Å². The standard InChI is InChI=1S/C35H32N4O3S2/c1-37-20-22-38(23-21-37)27-11-8-25(9-12-27)26-10-17-32-31(24-26)34-33(43-29-15-13-28(42-2)14-16-29)18-19-36-35(34)39(32)44(40,41)30-6-4-3-5-7-30/h3-19,24H,20-23H2,1-2H3. The van der Waals surface area contributed by atoms with Crippen LogP contribution in [-0.2, 0) is 10.0 Å². The van der Waals surface area contributed by atoms with Crippen molar-refractivity contribution in [3.8, 4) is 16.9 Å². The number of fused-ring (bicyclic) bond motifs is 3. The molecule has 0 saturated carbocycles. The van der Waals surface area contributed by atoms with E-state index in [1.807, 2.05) is 48.5 Å². The van der Waals surface area contributed by atoms with E-state index in [1.54, 1.807) is 49.3 Å². The summed E-state index contributed by atoms with van der Waals surface area (Å²) in [4.78, 5) is 11.6. The maximum atomic E-state index is 14.1. The molecule has 0 radical (unpaired) electrons. The summed E-state index contributed by atoms with van der Waals surface area (Å²) in [5.41, 5.74) is 4.31. The Balaban J connectivity index is 1.37. The van der Waals surface area contributed by atoms with E-state index in [1.165, 1.54) is 9.66 Å². The van der Waals surface area contributed by atoms with Gasteiger partial charge in [-0.2, -0.15) is 0 Å². The third-order valence-corrected chi connectivity index (χ3v) is 11.0. The van der Waals surface area contributed by atoms with E-state index >= 15 is 0 Å². The smallest absolute Gasteiger partial charge is 0.269 e. The van der Waals surface area contributed by atoms with Gasteiger partial charge in [0, 0.05) is 58.6 Å². The van der Waals surface area contributed by atoms with E-state index in [0.29, 0.717) is 11.2 Å². The van der Waals surface area contributed by atoms with Crippen LogP contribution in [0.25, 0.3) is 33.1 Å². The highest BCUT2D eigenvalue weighted by molar-refractivity contribution is 7.99. The molecule has 3 heterocycles. The third-order valence-electron chi connectivity index (χ3n) is 8.21. The first-order valence-electron chi connectivity index (χ1n) is 14.5. The Kier molecular flexibility index (Phi) is 7.53. The number of likely N-dealkylation sites (N-methyl/N-ethyl adjacent to an activating group) is 1. The maximum absolute atomic E-state index is 14.1. The number of piperazine rings is 1. The average Bonchev–Trinajstić information content (AvgIpc) is 3.41. The Bertz CT molecular complexity index is 2050. The van der Waals surface area contributed by atoms with Crippen LogP contribution in [0, 0.1) is 0 Å². The molecule has 2 aromatic heterocycles. The number of ether oxygens (including phenoxy) is 1. The number of rotatable bonds is 7. The molecule has 0 amide bonds. The van der Waals surface area contributed by atoms with Gasteiger partial charge in [0.05, 0.1) is 17.5 Å². The second-order valence-electron chi connectivity index (χ2n) is 10.9. The molecule has 0 spiro atoms. The minimum absolute atomic E-state index is 0.220. The summed E-state index contributed by atoms with van der Waals surface area (Å²) in [6, 6.07) is 33.0. The van der Waals surface area contributed by atoms with Crippen LogP contribution < -0.4 is 9.64 Å². The highest BCUT2D eigenvalue weighted by atomic mass is 32.2. The zero-order chi connectivity index (χ0) is 30.3. The van der Waals surface area contributed by atoms with Crippen molar-refractivity contribution in [1.29, 1.82) is 0 Å². The number of aromatic nitrogens is 2. The van der Waals surface area contributed by atoms with Crippen molar-refractivity contribution in [2.24, 2.45) is 0 Å². The van der Waals surface area contributed by atoms with Gasteiger partial charge in [0.25, 0.3) is 10.0 Å². The lowest BCUT2D eigenvalue weighted by Crippen LogP contribution is -2.44. The molecule has 1 aliphatic heterocycles. The summed E-state index contributed by atoms with van der Waals surface area (Å²) >= 11 is 1.58. The van der Waals surface area contributed by atoms with Crippen LogP contribution in [0.2, 0.25) is 0 Å². The van der Waals surface area contributed by atoms with Crippen molar-refractivity contribution < 1.29 is 13.2 Å². The molecule has 44 heavy (non-hydrogen) atoms. The van der Waals surface area contributed by atoms with Gasteiger partial charge in [0.15, 0.2) is 5.65 Å². The van der Waals surface area contributed by atoms with Crippen molar-refractivity contribution in [2.45, 2.75) is 14.7 Å². The van der Waals surface area contributed by atoms with Crippen LogP contribution >= 0.6 is 11.8 Å². The van der Waals surface area contributed by atoms with E-state index in [4.69, 9.17) is 4.74 Å². The van der Waals surface area contributed by atoms with E-state index in [9.17, 15) is 8.42 Å². The monoisotopic (exact) mass is 620 g/mol. The molecule has 0 aliphatic carbocycles. The van der Waals surface area contributed by atoms with E-state index in [2.05, 4.69) is 52.2 Å². The largest absolute Gasteiger partial charge is 0.497 e. The molecular weight excluding hydrogens is 589 g/mol. The number of benzene rings is 4. The number of pyridine rings is 1. The van der Waals surface area contributed by atoms with Crippen LogP contribution in [0.3, 0.4) is 0 Å². The second-order valence-corrected chi connectivity index (χ2v) is 13.8. The molecule has 4 aromatic carbocycles. The summed E-state index contributed by atoms with van der Waals surface area (Å²) in [5.74, 6) is 0.781. The van der Waals surface area contributed by atoms with E-state index in [0.717, 1.165) is 63.6 Å². The highest BCUT2D eigenvalue weighted by Crippen LogP contribution is 2.41. The highest BCUT2D eigenvalue weighted by Gasteiger charge is 2.26. The van der Waals surface area contributed by atoms with Crippen LogP contribution in [0.15, 0.2) is 124 Å². The van der Waals surface area contributed by atoms with Crippen molar-refractivity contribution in [2.75, 3.05) is 45.2 Å². The first-order chi connectivity index (χ1) is 21.4. The van der Waals surface area contributed by atoms with E-state index < -0.39 is 10.0 Å². The Hall–Kier alpha value is -4.31. The van der Waals surface area contributed by atoms with Gasteiger partial charge in [0.2, 0.25) is 0 Å². The van der Waals surface area contributed by atoms with Gasteiger partial charge < -0.3 is 14.5 Å². The number of anilines is 1. The van der Waals surface area contributed by atoms with Crippen LogP contribution in [0.5, 0.6) is 5.75 Å². The minimum Gasteiger partial charge on any atom is -0.497 e. The molecule has 0 N–H and O–H groups in total. The predicted molar refractivity (Wildman–Crippen MR) is 179 cm³/mol. The molecule has 1 fully saturated rings. The Morgan fingerprint density at radius 1 is 0.795 bits per heavy atom. The second kappa shape index (κ2) is 11.6. The number of methoxy groups -OCH3 is 1. The van der Waals surface area contributed by atoms with Gasteiger partial charge in [-0.15, -0.1) is 0 Å². The molecule has 7 nitrogen and oxygen atoms in total. The SMILES string of the molecule is COc1ccc(Sc2ccnc3c2c2cc(-c4ccc(N5CCN(C)CC5)cc4)ccc2n3S(=O)(=O)c2ccccc2)cc1. The zero-order valence-corrected chi connectivity index (χ0v) is 26.2. The molecule has 1 aliphatic rings. The van der Waals surface area contributed by atoms with Gasteiger partial charge in [-0.25, -0.2) is 17.4 Å². The summed E-state index contributed by atoms with van der Waals surface area (Å²) in [6.45, 7) is 4.14. The molecule has 0 unspecified atom stereocenters. The Morgan fingerprint density at radius 3 is 2.20 bits per heavy atom. The predicted octanol–water partition coefficient (Wildman–Crippen LogP) is 7.01. The number of nitrogens with zero attached hydrogens (tertiary/aromatic N) is 4. The molecule has 6 aromatic rings. The summed E-state index contributed by atoms with van der Waals surface area (Å²) < 4.78 is 35.0. The lowest BCUT2D eigenvalue weighted by Gasteiger charge is -2.34. The number of hydrogen-bond donors (Lipinski definition) is 0. The van der Waals surface area contributed by atoms with Crippen molar-refractivity contribution in [1.82, 2.24) is 13.9 Å². The summed E-state index contributed by atoms with van der Waals surface area (Å²) in [5, 5.41) is 1.64. The molecule has 7 rings (SSSR count). The van der Waals surface area contributed by atoms with Gasteiger partial charge in [-0.1, -0.05) is 48.2 Å². The quantitative estimate of drug-likeness (QED) is 0.190. The normalized spacial score (nSPS) is 14.4. The zero-order valence-electron chi connectivity index (χ0n) is 24.6. The van der Waals surface area contributed by atoms with Crippen molar-refractivity contribution >= 4 is 49.4 Å². The van der Waals surface area contributed by atoms with Crippen LogP contribution in [-0.4, -0.2) is 62.6 Å². The minimum atomic E-state index is -3.93. The molecule has 0 atom stereocenters. The average molecular weight is 621 g/mol. The topological polar surface area (TPSA) is 67.7 Å². The summed E-state index contributed by atoms with van der Waals surface area (Å²) in [6.07, 6.45) is 1.68. The Labute approximate surface area is 261 Å². The third kappa shape index (κ3) is 5.21. The lowest BCUT2D eigenvalue weighted by molar-refractivity contribution is 0.313. The van der Waals surface area contributed by atoms with Gasteiger partial charge in [0.1, 0.15) is 5.75 Å². The van der Waals surface area contributed by atoms with Crippen LogP contribution in [0.1, 0.15) is 0 Å². The summed E-state index contributed by atoms with van der Waals surface area (Å²) in [7, 11) is -0.119. The van der Waals surface area contributed by atoms with Gasteiger partial charge in [-0.05, 0) is 84.9 Å². The molecule has 9 heteroatoms. The molecule has 1 saturated heterocycles. The molecule has 222 valence electrons. The molecule has 0 bridgehead atoms. The fourth-order valence-electron chi connectivity index (χ4n) is 5.77. The Morgan fingerprint density at radius 2 is 1.50 bits per heavy atom. The first kappa shape index (κ1) is 28.5.